The van der Waals surface area contributed by atoms with Crippen LogP contribution in [0.3, 0.4) is 0 Å². The van der Waals surface area contributed by atoms with Gasteiger partial charge in [-0.15, -0.1) is 6.42 Å². The standard InChI is InChI=1S/C7H13N2O2.C4H8N2O2.Co.H2O/c1-4-5-11-9-7(3)6(2)8-10;1-3(5-7)4(2)6-8;;/h10H,1,4-5H2,2-3H3;7-8H,1-2H3;;1H2/q-1;;+2;/p+1/b8-6+,9-7+;5-3+,6-4+;;. The van der Waals surface area contributed by atoms with E-state index < -0.39 is 0 Å². The predicted molar refractivity (Wildman–Crippen MR) is 78.6 cm³/mol. The van der Waals surface area contributed by atoms with E-state index in [1.54, 1.807) is 13.8 Å². The molecule has 6 N–H and O–H groups in total. The van der Waals surface area contributed by atoms with Crippen LogP contribution in [0.25, 0.3) is 0 Å². The first-order valence-corrected chi connectivity index (χ1v) is 5.47. The minimum absolute atomic E-state index is 0. The minimum atomic E-state index is 0. The SMILES string of the molecule is CC(=N\O)/C(C)=N/O.[CH2-]CCO/N=C(C)/C(C)=N/O.[Co+2].[OH3+]. The molecule has 0 aromatic heterocycles. The molecular formula is C11H24CoN4O5+2. The van der Waals surface area contributed by atoms with Gasteiger partial charge in [-0.1, -0.05) is 20.6 Å². The van der Waals surface area contributed by atoms with E-state index in [1.807, 2.05) is 0 Å². The van der Waals surface area contributed by atoms with Gasteiger partial charge in [-0.3, -0.25) is 0 Å². The molecule has 0 bridgehead atoms. The topological polar surface area (TPSA) is 152 Å². The van der Waals surface area contributed by atoms with Gasteiger partial charge in [0, 0.05) is 0 Å². The van der Waals surface area contributed by atoms with Crippen molar-refractivity contribution in [2.75, 3.05) is 6.61 Å². The molecule has 21 heavy (non-hydrogen) atoms. The van der Waals surface area contributed by atoms with E-state index in [4.69, 9.17) is 20.5 Å². The maximum atomic E-state index is 8.30. The van der Waals surface area contributed by atoms with Crippen molar-refractivity contribution in [1.82, 2.24) is 0 Å². The molecule has 0 aliphatic carbocycles. The molecule has 0 heterocycles. The molecular weight excluding hydrogens is 327 g/mol. The first-order chi connectivity index (χ1) is 8.94. The van der Waals surface area contributed by atoms with Crippen molar-refractivity contribution in [3.8, 4) is 0 Å². The molecule has 10 heteroatoms. The summed E-state index contributed by atoms with van der Waals surface area (Å²) in [7, 11) is 0. The Hall–Kier alpha value is -1.65. The van der Waals surface area contributed by atoms with Crippen LogP contribution in [-0.4, -0.2) is 45.1 Å². The van der Waals surface area contributed by atoms with Crippen LogP contribution in [-0.2, 0) is 27.1 Å². The Morgan fingerprint density at radius 2 is 1.19 bits per heavy atom. The number of nitrogens with zero attached hydrogens (tertiary/aromatic N) is 4. The Morgan fingerprint density at radius 1 is 0.857 bits per heavy atom. The van der Waals surface area contributed by atoms with Crippen LogP contribution in [0.5, 0.6) is 0 Å². The Balaban J connectivity index is -0.000000131. The summed E-state index contributed by atoms with van der Waals surface area (Å²) in [6, 6.07) is 0. The molecule has 0 fully saturated rings. The van der Waals surface area contributed by atoms with Gasteiger partial charge >= 0.3 is 16.8 Å². The van der Waals surface area contributed by atoms with Crippen LogP contribution in [0.2, 0.25) is 0 Å². The molecule has 0 saturated carbocycles. The fraction of sp³-hybridized carbons (Fsp3) is 0.545. The van der Waals surface area contributed by atoms with Gasteiger partial charge in [-0.25, -0.2) is 0 Å². The number of hydrogen-bond acceptors (Lipinski definition) is 8. The van der Waals surface area contributed by atoms with Gasteiger partial charge in [0.25, 0.3) is 0 Å². The van der Waals surface area contributed by atoms with Gasteiger partial charge in [0.05, 0.1) is 6.61 Å². The monoisotopic (exact) mass is 351 g/mol. The summed E-state index contributed by atoms with van der Waals surface area (Å²) in [5.74, 6) is 0. The molecule has 0 spiro atoms. The molecule has 0 aliphatic rings. The Bertz CT molecular complexity index is 354. The molecule has 0 saturated heterocycles. The van der Waals surface area contributed by atoms with Gasteiger partial charge in [-0.05, 0) is 27.7 Å². The second-order valence-electron chi connectivity index (χ2n) is 3.42. The van der Waals surface area contributed by atoms with Crippen molar-refractivity contribution in [3.05, 3.63) is 6.92 Å². The molecule has 125 valence electrons. The molecule has 0 unspecified atom stereocenters. The second-order valence-corrected chi connectivity index (χ2v) is 3.42. The Labute approximate surface area is 134 Å². The normalized spacial score (nSPS) is 12.4. The zero-order chi connectivity index (χ0) is 15.3. The Morgan fingerprint density at radius 3 is 1.48 bits per heavy atom. The third kappa shape index (κ3) is 16.3. The zero-order valence-corrected chi connectivity index (χ0v) is 13.6. The first kappa shape index (κ1) is 27.6. The average molecular weight is 351 g/mol. The van der Waals surface area contributed by atoms with Crippen LogP contribution in [0, 0.1) is 6.92 Å². The number of hydrogen-bond donors (Lipinski definition) is 3. The van der Waals surface area contributed by atoms with E-state index in [2.05, 4.69) is 27.5 Å². The van der Waals surface area contributed by atoms with Gasteiger partial charge in [0.1, 0.15) is 22.8 Å². The van der Waals surface area contributed by atoms with Gasteiger partial charge in [0.2, 0.25) is 0 Å². The number of rotatable bonds is 5. The summed E-state index contributed by atoms with van der Waals surface area (Å²) >= 11 is 0. The van der Waals surface area contributed by atoms with E-state index >= 15 is 0 Å². The molecule has 0 atom stereocenters. The third-order valence-corrected chi connectivity index (χ3v) is 1.93. The van der Waals surface area contributed by atoms with E-state index in [9.17, 15) is 0 Å². The summed E-state index contributed by atoms with van der Waals surface area (Å²) < 4.78 is 0. The maximum Gasteiger partial charge on any atom is 2.00 e. The van der Waals surface area contributed by atoms with Crippen molar-refractivity contribution in [2.24, 2.45) is 20.6 Å². The second kappa shape index (κ2) is 18.3. The third-order valence-electron chi connectivity index (χ3n) is 1.93. The fourth-order valence-corrected chi connectivity index (χ4v) is 0.490. The molecule has 0 aliphatic heterocycles. The van der Waals surface area contributed by atoms with Gasteiger partial charge in [-0.2, -0.15) is 0 Å². The van der Waals surface area contributed by atoms with Crippen LogP contribution >= 0.6 is 0 Å². The minimum Gasteiger partial charge on any atom is -0.457 e. The van der Waals surface area contributed by atoms with Gasteiger partial charge in [0.15, 0.2) is 0 Å². The molecule has 0 amide bonds. The van der Waals surface area contributed by atoms with Crippen LogP contribution < -0.4 is 0 Å². The van der Waals surface area contributed by atoms with Crippen LogP contribution in [0.1, 0.15) is 34.1 Å². The van der Waals surface area contributed by atoms with E-state index in [1.165, 1.54) is 13.8 Å². The smallest absolute Gasteiger partial charge is 0.457 e. The quantitative estimate of drug-likeness (QED) is 0.170. The fourth-order valence-electron chi connectivity index (χ4n) is 0.490. The van der Waals surface area contributed by atoms with Crippen molar-refractivity contribution in [2.45, 2.75) is 34.1 Å². The predicted octanol–water partition coefficient (Wildman–Crippen LogP) is 1.22. The Kier molecular flexibility index (Phi) is 24.2. The van der Waals surface area contributed by atoms with E-state index in [-0.39, 0.29) is 22.3 Å². The molecule has 1 radical (unpaired) electrons. The van der Waals surface area contributed by atoms with Crippen molar-refractivity contribution in [1.29, 1.82) is 0 Å². The van der Waals surface area contributed by atoms with Crippen LogP contribution in [0.15, 0.2) is 20.6 Å². The van der Waals surface area contributed by atoms with Crippen molar-refractivity contribution >= 4 is 22.8 Å². The maximum absolute atomic E-state index is 8.30. The number of oxime groups is 4. The van der Waals surface area contributed by atoms with Crippen LogP contribution in [0.4, 0.5) is 0 Å². The molecule has 9 nitrogen and oxygen atoms in total. The first-order valence-electron chi connectivity index (χ1n) is 5.47. The summed E-state index contributed by atoms with van der Waals surface area (Å²) in [6.45, 7) is 10.5. The molecule has 0 aromatic rings. The summed E-state index contributed by atoms with van der Waals surface area (Å²) in [5.41, 5.74) is 1.65. The summed E-state index contributed by atoms with van der Waals surface area (Å²) in [6.07, 6.45) is 0.673. The van der Waals surface area contributed by atoms with E-state index in [0.29, 0.717) is 35.9 Å². The molecule has 0 aromatic carbocycles. The average Bonchev–Trinajstić information content (AvgIpc) is 2.45. The van der Waals surface area contributed by atoms with E-state index in [0.717, 1.165) is 0 Å². The largest absolute Gasteiger partial charge is 2.00 e. The molecule has 0 rings (SSSR count). The van der Waals surface area contributed by atoms with Crippen molar-refractivity contribution < 1.29 is 42.7 Å². The van der Waals surface area contributed by atoms with Crippen molar-refractivity contribution in [3.63, 3.8) is 0 Å². The zero-order valence-electron chi connectivity index (χ0n) is 12.6. The summed E-state index contributed by atoms with van der Waals surface area (Å²) in [4.78, 5) is 4.80. The summed E-state index contributed by atoms with van der Waals surface area (Å²) in [5, 5.41) is 36.6. The van der Waals surface area contributed by atoms with Gasteiger partial charge < -0.3 is 32.9 Å².